The number of tetrazole rings is 1. The van der Waals surface area contributed by atoms with Crippen LogP contribution in [0.4, 0.5) is 11.5 Å². The number of anilines is 2. The van der Waals surface area contributed by atoms with Crippen LogP contribution in [0, 0.1) is 0 Å². The van der Waals surface area contributed by atoms with Gasteiger partial charge in [-0.1, -0.05) is 6.07 Å². The first-order chi connectivity index (χ1) is 13.6. The van der Waals surface area contributed by atoms with Crippen molar-refractivity contribution in [1.29, 1.82) is 0 Å². The second kappa shape index (κ2) is 7.73. The number of morpholine rings is 1. The molecule has 1 saturated heterocycles. The molecule has 2 aromatic heterocycles. The van der Waals surface area contributed by atoms with Crippen LogP contribution in [0.3, 0.4) is 0 Å². The van der Waals surface area contributed by atoms with E-state index in [2.05, 4.69) is 44.6 Å². The third-order valence-electron chi connectivity index (χ3n) is 4.47. The van der Waals surface area contributed by atoms with Crippen molar-refractivity contribution in [3.8, 4) is 5.69 Å². The highest BCUT2D eigenvalue weighted by Gasteiger charge is 2.23. The van der Waals surface area contributed by atoms with Gasteiger partial charge in [-0.05, 0) is 54.6 Å². The van der Waals surface area contributed by atoms with Crippen LogP contribution in [0.1, 0.15) is 24.2 Å². The van der Waals surface area contributed by atoms with E-state index >= 15 is 0 Å². The number of benzene rings is 1. The number of nitrogens with zero attached hydrogens (tertiary/aromatic N) is 6. The molecule has 144 valence electrons. The van der Waals surface area contributed by atoms with E-state index in [9.17, 15) is 4.79 Å². The van der Waals surface area contributed by atoms with Crippen LogP contribution in [0.2, 0.25) is 0 Å². The fraction of sp³-hybridized carbons (Fsp3) is 0.316. The monoisotopic (exact) mass is 379 g/mol. The average Bonchev–Trinajstić information content (AvgIpc) is 3.23. The number of rotatable bonds is 4. The predicted octanol–water partition coefficient (Wildman–Crippen LogP) is 1.92. The second-order valence-electron chi connectivity index (χ2n) is 6.83. The van der Waals surface area contributed by atoms with Crippen molar-refractivity contribution < 1.29 is 9.53 Å². The molecule has 1 aromatic carbocycles. The molecule has 0 unspecified atom stereocenters. The van der Waals surface area contributed by atoms with Crippen molar-refractivity contribution in [2.24, 2.45) is 0 Å². The highest BCUT2D eigenvalue weighted by atomic mass is 16.5. The Morgan fingerprint density at radius 2 is 2.00 bits per heavy atom. The van der Waals surface area contributed by atoms with Gasteiger partial charge in [-0.3, -0.25) is 4.79 Å². The van der Waals surface area contributed by atoms with E-state index in [4.69, 9.17) is 4.74 Å². The van der Waals surface area contributed by atoms with Crippen LogP contribution >= 0.6 is 0 Å². The maximum absolute atomic E-state index is 12.6. The molecule has 4 rings (SSSR count). The maximum atomic E-state index is 12.6. The molecule has 0 aliphatic carbocycles. The van der Waals surface area contributed by atoms with Crippen LogP contribution in [0.5, 0.6) is 0 Å². The van der Waals surface area contributed by atoms with E-state index in [1.165, 1.54) is 11.0 Å². The summed E-state index contributed by atoms with van der Waals surface area (Å²) in [5.41, 5.74) is 1.85. The van der Waals surface area contributed by atoms with Crippen LogP contribution in [-0.4, -0.2) is 56.4 Å². The van der Waals surface area contributed by atoms with Crippen molar-refractivity contribution in [3.63, 3.8) is 0 Å². The molecule has 9 heteroatoms. The molecule has 1 fully saturated rings. The lowest BCUT2D eigenvalue weighted by Crippen LogP contribution is -2.45. The van der Waals surface area contributed by atoms with Crippen LogP contribution in [0.15, 0.2) is 48.9 Å². The Bertz CT molecular complexity index is 933. The average molecular weight is 379 g/mol. The minimum Gasteiger partial charge on any atom is -0.372 e. The molecule has 9 nitrogen and oxygen atoms in total. The van der Waals surface area contributed by atoms with E-state index in [1.54, 1.807) is 24.4 Å². The van der Waals surface area contributed by atoms with Gasteiger partial charge in [-0.2, -0.15) is 0 Å². The number of hydrogen-bond acceptors (Lipinski definition) is 7. The van der Waals surface area contributed by atoms with Gasteiger partial charge in [0.1, 0.15) is 12.1 Å². The fourth-order valence-electron chi connectivity index (χ4n) is 3.28. The van der Waals surface area contributed by atoms with E-state index in [0.29, 0.717) is 16.9 Å². The zero-order chi connectivity index (χ0) is 19.5. The molecule has 28 heavy (non-hydrogen) atoms. The zero-order valence-corrected chi connectivity index (χ0v) is 15.7. The Morgan fingerprint density at radius 3 is 2.68 bits per heavy atom. The number of amides is 1. The maximum Gasteiger partial charge on any atom is 0.255 e. The first-order valence-electron chi connectivity index (χ1n) is 9.10. The Morgan fingerprint density at radius 1 is 1.18 bits per heavy atom. The lowest BCUT2D eigenvalue weighted by atomic mass is 10.2. The number of carbonyl (C=O) groups is 1. The lowest BCUT2D eigenvalue weighted by Gasteiger charge is -2.36. The molecule has 3 heterocycles. The summed E-state index contributed by atoms with van der Waals surface area (Å²) in [5, 5.41) is 13.9. The van der Waals surface area contributed by atoms with E-state index in [0.717, 1.165) is 18.9 Å². The second-order valence-corrected chi connectivity index (χ2v) is 6.83. The van der Waals surface area contributed by atoms with Gasteiger partial charge in [-0.15, -0.1) is 5.10 Å². The van der Waals surface area contributed by atoms with Gasteiger partial charge < -0.3 is 15.0 Å². The van der Waals surface area contributed by atoms with Crippen LogP contribution < -0.4 is 10.2 Å². The highest BCUT2D eigenvalue weighted by molar-refractivity contribution is 6.04. The smallest absolute Gasteiger partial charge is 0.255 e. The SMILES string of the molecule is C[C@@H]1CN(c2ccc(NC(=O)c3cccc(-n4cnnn4)c3)cn2)C[C@H](C)O1. The largest absolute Gasteiger partial charge is 0.372 e. The van der Waals surface area contributed by atoms with E-state index in [1.807, 2.05) is 18.2 Å². The molecule has 1 N–H and O–H groups in total. The van der Waals surface area contributed by atoms with E-state index < -0.39 is 0 Å². The third kappa shape index (κ3) is 3.99. The minimum atomic E-state index is -0.224. The molecule has 1 aliphatic rings. The van der Waals surface area contributed by atoms with Gasteiger partial charge in [0.05, 0.1) is 29.8 Å². The summed E-state index contributed by atoms with van der Waals surface area (Å²) < 4.78 is 7.26. The van der Waals surface area contributed by atoms with Crippen molar-refractivity contribution in [2.45, 2.75) is 26.1 Å². The summed E-state index contributed by atoms with van der Waals surface area (Å²) in [7, 11) is 0. The fourth-order valence-corrected chi connectivity index (χ4v) is 3.28. The first-order valence-corrected chi connectivity index (χ1v) is 9.10. The Balaban J connectivity index is 1.44. The molecule has 3 aromatic rings. The number of hydrogen-bond donors (Lipinski definition) is 1. The van der Waals surface area contributed by atoms with Crippen molar-refractivity contribution in [3.05, 3.63) is 54.5 Å². The topological polar surface area (TPSA) is 98.1 Å². The summed E-state index contributed by atoms with van der Waals surface area (Å²) in [6.07, 6.45) is 3.48. The van der Waals surface area contributed by atoms with Gasteiger partial charge in [0, 0.05) is 18.7 Å². The van der Waals surface area contributed by atoms with Gasteiger partial charge >= 0.3 is 0 Å². The summed E-state index contributed by atoms with van der Waals surface area (Å²) in [6.45, 7) is 5.71. The first kappa shape index (κ1) is 18.1. The van der Waals surface area contributed by atoms with Crippen LogP contribution in [-0.2, 0) is 4.74 Å². The number of aromatic nitrogens is 5. The molecule has 1 amide bonds. The summed E-state index contributed by atoms with van der Waals surface area (Å²) >= 11 is 0. The Labute approximate surface area is 162 Å². The number of pyridine rings is 1. The van der Waals surface area contributed by atoms with E-state index in [-0.39, 0.29) is 18.1 Å². The predicted molar refractivity (Wildman–Crippen MR) is 104 cm³/mol. The lowest BCUT2D eigenvalue weighted by molar-refractivity contribution is -0.00545. The third-order valence-corrected chi connectivity index (χ3v) is 4.47. The zero-order valence-electron chi connectivity index (χ0n) is 15.7. The Kier molecular flexibility index (Phi) is 4.98. The highest BCUT2D eigenvalue weighted by Crippen LogP contribution is 2.20. The molecule has 1 aliphatic heterocycles. The minimum absolute atomic E-state index is 0.164. The van der Waals surface area contributed by atoms with Gasteiger partial charge in [-0.25, -0.2) is 9.67 Å². The summed E-state index contributed by atoms with van der Waals surface area (Å²) in [4.78, 5) is 19.3. The quantitative estimate of drug-likeness (QED) is 0.739. The van der Waals surface area contributed by atoms with Crippen molar-refractivity contribution in [2.75, 3.05) is 23.3 Å². The van der Waals surface area contributed by atoms with Gasteiger partial charge in [0.2, 0.25) is 0 Å². The molecule has 0 saturated carbocycles. The van der Waals surface area contributed by atoms with Crippen molar-refractivity contribution >= 4 is 17.4 Å². The van der Waals surface area contributed by atoms with Crippen LogP contribution in [0.25, 0.3) is 5.69 Å². The molecule has 0 bridgehead atoms. The number of nitrogens with one attached hydrogen (secondary N) is 1. The van der Waals surface area contributed by atoms with Gasteiger partial charge in [0.15, 0.2) is 0 Å². The van der Waals surface area contributed by atoms with Crippen molar-refractivity contribution in [1.82, 2.24) is 25.2 Å². The molecule has 2 atom stereocenters. The number of ether oxygens (including phenoxy) is 1. The summed E-state index contributed by atoms with van der Waals surface area (Å²) in [6, 6.07) is 10.8. The van der Waals surface area contributed by atoms with Gasteiger partial charge in [0.25, 0.3) is 5.91 Å². The normalized spacial score (nSPS) is 19.4. The standard InChI is InChI=1S/C19H21N7O2/c1-13-10-25(11-14(2)28-13)18-7-6-16(9-20-18)22-19(27)15-4-3-5-17(8-15)26-12-21-23-24-26/h3-9,12-14H,10-11H2,1-2H3,(H,22,27)/t13-,14+. The molecule has 0 radical (unpaired) electrons. The number of carbonyl (C=O) groups excluding carboxylic acids is 1. The summed E-state index contributed by atoms with van der Waals surface area (Å²) in [5.74, 6) is 0.652. The molecular formula is C19H21N7O2. The molecular weight excluding hydrogens is 358 g/mol. The Hall–Kier alpha value is -3.33. The molecule has 0 spiro atoms.